The van der Waals surface area contributed by atoms with Crippen molar-refractivity contribution in [3.8, 4) is 5.75 Å². The second kappa shape index (κ2) is 8.24. The maximum absolute atomic E-state index is 12.3. The monoisotopic (exact) mass is 403 g/mol. The largest absolute Gasteiger partial charge is 0.470 e. The number of anilines is 1. The van der Waals surface area contributed by atoms with E-state index in [4.69, 9.17) is 27.9 Å². The van der Waals surface area contributed by atoms with Crippen molar-refractivity contribution >= 4 is 40.6 Å². The molecule has 1 amide bonds. The quantitative estimate of drug-likeness (QED) is 0.606. The Bertz CT molecular complexity index is 984. The molecule has 0 aliphatic rings. The minimum absolute atomic E-state index is 0.0348. The molecule has 0 aliphatic carbocycles. The van der Waals surface area contributed by atoms with Crippen molar-refractivity contribution in [3.63, 3.8) is 0 Å². The van der Waals surface area contributed by atoms with E-state index in [1.54, 1.807) is 54.7 Å². The van der Waals surface area contributed by atoms with E-state index in [-0.39, 0.29) is 24.1 Å². The highest BCUT2D eigenvalue weighted by Gasteiger charge is 2.11. The number of ether oxygens (including phenoxy) is 1. The van der Waals surface area contributed by atoms with Crippen LogP contribution in [0.3, 0.4) is 0 Å². The summed E-state index contributed by atoms with van der Waals surface area (Å²) in [6, 6.07) is 13.1. The molecule has 3 rings (SSSR count). The highest BCUT2D eigenvalue weighted by atomic mass is 35.5. The summed E-state index contributed by atoms with van der Waals surface area (Å²) < 4.78 is 7.04. The smallest absolute Gasteiger partial charge is 0.276 e. The number of aromatic nitrogens is 2. The van der Waals surface area contributed by atoms with Gasteiger partial charge in [-0.15, -0.1) is 0 Å². The van der Waals surface area contributed by atoms with Crippen molar-refractivity contribution < 1.29 is 14.3 Å². The van der Waals surface area contributed by atoms with Crippen molar-refractivity contribution in [2.45, 2.75) is 13.7 Å². The molecule has 0 atom stereocenters. The Hall–Kier alpha value is -2.83. The molecular formula is C19H15Cl2N3O3. The number of benzene rings is 2. The Kier molecular flexibility index (Phi) is 5.78. The van der Waals surface area contributed by atoms with Crippen LogP contribution in [0.4, 0.5) is 5.69 Å². The number of halogens is 2. The standard InChI is InChI=1S/C19H15Cl2N3O3/c1-12(25)13-2-5-15(6-3-13)22-19(26)17-8-9-24(23-17)11-27-18-7-4-14(20)10-16(18)21/h2-10H,11H2,1H3,(H,22,26). The highest BCUT2D eigenvalue weighted by Crippen LogP contribution is 2.27. The molecule has 6 nitrogen and oxygen atoms in total. The second-order valence-electron chi connectivity index (χ2n) is 5.68. The molecule has 0 radical (unpaired) electrons. The maximum Gasteiger partial charge on any atom is 0.276 e. The van der Waals surface area contributed by atoms with Gasteiger partial charge in [0.25, 0.3) is 5.91 Å². The van der Waals surface area contributed by atoms with Gasteiger partial charge < -0.3 is 10.1 Å². The number of carbonyl (C=O) groups excluding carboxylic acids is 2. The number of rotatable bonds is 6. The van der Waals surface area contributed by atoms with E-state index in [1.165, 1.54) is 11.6 Å². The third kappa shape index (κ3) is 4.87. The first-order valence-corrected chi connectivity index (χ1v) is 8.71. The van der Waals surface area contributed by atoms with Gasteiger partial charge >= 0.3 is 0 Å². The molecule has 1 N–H and O–H groups in total. The summed E-state index contributed by atoms with van der Waals surface area (Å²) >= 11 is 11.9. The first-order valence-electron chi connectivity index (χ1n) is 7.96. The average Bonchev–Trinajstić information content (AvgIpc) is 3.10. The van der Waals surface area contributed by atoms with Gasteiger partial charge in [0.2, 0.25) is 0 Å². The molecule has 3 aromatic rings. The number of ketones is 1. The van der Waals surface area contributed by atoms with E-state index in [2.05, 4.69) is 10.4 Å². The predicted octanol–water partition coefficient (Wildman–Crippen LogP) is 4.68. The zero-order chi connectivity index (χ0) is 19.4. The van der Waals surface area contributed by atoms with Crippen LogP contribution in [0.1, 0.15) is 27.8 Å². The first kappa shape index (κ1) is 18.9. The van der Waals surface area contributed by atoms with E-state index in [9.17, 15) is 9.59 Å². The summed E-state index contributed by atoms with van der Waals surface area (Å²) in [5.41, 5.74) is 1.38. The minimum atomic E-state index is -0.367. The predicted molar refractivity (Wildman–Crippen MR) is 104 cm³/mol. The molecule has 138 valence electrons. The van der Waals surface area contributed by atoms with Crippen molar-refractivity contribution in [2.75, 3.05) is 5.32 Å². The molecule has 1 aromatic heterocycles. The van der Waals surface area contributed by atoms with Gasteiger partial charge in [0.15, 0.2) is 18.2 Å². The molecule has 0 unspecified atom stereocenters. The number of hydrogen-bond acceptors (Lipinski definition) is 4. The number of nitrogens with one attached hydrogen (secondary N) is 1. The van der Waals surface area contributed by atoms with E-state index < -0.39 is 0 Å². The topological polar surface area (TPSA) is 73.2 Å². The number of amides is 1. The molecule has 8 heteroatoms. The fourth-order valence-corrected chi connectivity index (χ4v) is 2.73. The van der Waals surface area contributed by atoms with Crippen LogP contribution in [0.2, 0.25) is 10.0 Å². The normalized spacial score (nSPS) is 10.5. The third-order valence-electron chi connectivity index (χ3n) is 3.67. The van der Waals surface area contributed by atoms with Crippen LogP contribution in [-0.2, 0) is 6.73 Å². The second-order valence-corrected chi connectivity index (χ2v) is 6.52. The maximum atomic E-state index is 12.3. The van der Waals surface area contributed by atoms with Crippen LogP contribution in [0.5, 0.6) is 5.75 Å². The van der Waals surface area contributed by atoms with E-state index in [0.29, 0.717) is 27.0 Å². The number of Topliss-reactive ketones (excluding diaryl/α,β-unsaturated/α-hetero) is 1. The summed E-state index contributed by atoms with van der Waals surface area (Å²) in [5, 5.41) is 7.80. The van der Waals surface area contributed by atoms with Crippen molar-refractivity contribution in [2.24, 2.45) is 0 Å². The molecule has 27 heavy (non-hydrogen) atoms. The highest BCUT2D eigenvalue weighted by molar-refractivity contribution is 6.35. The van der Waals surface area contributed by atoms with E-state index >= 15 is 0 Å². The average molecular weight is 404 g/mol. The van der Waals surface area contributed by atoms with Gasteiger partial charge in [0.05, 0.1) is 5.02 Å². The summed E-state index contributed by atoms with van der Waals surface area (Å²) in [4.78, 5) is 23.6. The summed E-state index contributed by atoms with van der Waals surface area (Å²) in [5.74, 6) is 0.0642. The van der Waals surface area contributed by atoms with Gasteiger partial charge in [0.1, 0.15) is 5.75 Å². The van der Waals surface area contributed by atoms with Gasteiger partial charge in [-0.1, -0.05) is 23.2 Å². The molecular weight excluding hydrogens is 389 g/mol. The Morgan fingerprint density at radius 3 is 2.52 bits per heavy atom. The van der Waals surface area contributed by atoms with Gasteiger partial charge in [-0.2, -0.15) is 5.10 Å². The first-order chi connectivity index (χ1) is 12.9. The molecule has 0 fully saturated rings. The SMILES string of the molecule is CC(=O)c1ccc(NC(=O)c2ccn(COc3ccc(Cl)cc3Cl)n2)cc1. The van der Waals surface area contributed by atoms with Crippen LogP contribution < -0.4 is 10.1 Å². The van der Waals surface area contributed by atoms with Crippen molar-refractivity contribution in [1.29, 1.82) is 0 Å². The summed E-state index contributed by atoms with van der Waals surface area (Å²) in [6.45, 7) is 1.57. The number of nitrogens with zero attached hydrogens (tertiary/aromatic N) is 2. The van der Waals surface area contributed by atoms with Gasteiger partial charge in [-0.3, -0.25) is 9.59 Å². The van der Waals surface area contributed by atoms with Gasteiger partial charge in [-0.25, -0.2) is 4.68 Å². The van der Waals surface area contributed by atoms with Gasteiger partial charge in [-0.05, 0) is 55.5 Å². The zero-order valence-corrected chi connectivity index (χ0v) is 15.8. The van der Waals surface area contributed by atoms with Crippen molar-refractivity contribution in [1.82, 2.24) is 9.78 Å². The summed E-state index contributed by atoms with van der Waals surface area (Å²) in [7, 11) is 0. The molecule has 0 bridgehead atoms. The fraction of sp³-hybridized carbons (Fsp3) is 0.105. The lowest BCUT2D eigenvalue weighted by atomic mass is 10.1. The fourth-order valence-electron chi connectivity index (χ4n) is 2.27. The zero-order valence-electron chi connectivity index (χ0n) is 14.3. The van der Waals surface area contributed by atoms with Crippen LogP contribution >= 0.6 is 23.2 Å². The molecule has 0 spiro atoms. The van der Waals surface area contributed by atoms with E-state index in [0.717, 1.165) is 0 Å². The van der Waals surface area contributed by atoms with Crippen molar-refractivity contribution in [3.05, 3.63) is 76.0 Å². The molecule has 0 saturated heterocycles. The Labute approximate surface area is 165 Å². The Morgan fingerprint density at radius 2 is 1.85 bits per heavy atom. The lowest BCUT2D eigenvalue weighted by Gasteiger charge is -2.08. The Morgan fingerprint density at radius 1 is 1.11 bits per heavy atom. The molecule has 0 aliphatic heterocycles. The molecule has 2 aromatic carbocycles. The minimum Gasteiger partial charge on any atom is -0.470 e. The van der Waals surface area contributed by atoms with Crippen LogP contribution in [-0.4, -0.2) is 21.5 Å². The van der Waals surface area contributed by atoms with E-state index in [1.807, 2.05) is 0 Å². The lowest BCUT2D eigenvalue weighted by molar-refractivity contribution is 0.101. The third-order valence-corrected chi connectivity index (χ3v) is 4.20. The van der Waals surface area contributed by atoms with Gasteiger partial charge in [0, 0.05) is 22.5 Å². The van der Waals surface area contributed by atoms with Crippen LogP contribution in [0, 0.1) is 0 Å². The molecule has 0 saturated carbocycles. The summed E-state index contributed by atoms with van der Waals surface area (Å²) in [6.07, 6.45) is 1.62. The number of carbonyl (C=O) groups is 2. The van der Waals surface area contributed by atoms with Crippen LogP contribution in [0.15, 0.2) is 54.7 Å². The lowest BCUT2D eigenvalue weighted by Crippen LogP contribution is -2.14. The number of hydrogen-bond donors (Lipinski definition) is 1. The van der Waals surface area contributed by atoms with Crippen LogP contribution in [0.25, 0.3) is 0 Å². The Balaban J connectivity index is 1.61. The molecule has 1 heterocycles.